The minimum absolute atomic E-state index is 0.254. The number of rotatable bonds is 3. The molecule has 0 unspecified atom stereocenters. The van der Waals surface area contributed by atoms with Crippen LogP contribution in [-0.4, -0.2) is 23.2 Å². The first-order valence-electron chi connectivity index (χ1n) is 5.26. The zero-order valence-electron chi connectivity index (χ0n) is 9.84. The van der Waals surface area contributed by atoms with Gasteiger partial charge in [0.2, 0.25) is 0 Å². The minimum Gasteiger partial charge on any atom is -0.297 e. The molecule has 0 bridgehead atoms. The summed E-state index contributed by atoms with van der Waals surface area (Å²) in [7, 11) is -3.90. The van der Waals surface area contributed by atoms with Crippen LogP contribution >= 0.6 is 27.5 Å². The fraction of sp³-hybridized carbons (Fsp3) is 0.200. The van der Waals surface area contributed by atoms with E-state index < -0.39 is 10.0 Å². The van der Waals surface area contributed by atoms with Crippen LogP contribution in [0.15, 0.2) is 27.8 Å². The molecule has 0 atom stereocenters. The van der Waals surface area contributed by atoms with E-state index in [-0.39, 0.29) is 5.16 Å². The van der Waals surface area contributed by atoms with E-state index in [9.17, 15) is 8.42 Å². The highest BCUT2D eigenvalue weighted by Gasteiger charge is 2.21. The van der Waals surface area contributed by atoms with E-state index in [1.54, 1.807) is 25.1 Å². The molecule has 2 aromatic rings. The molecule has 0 saturated carbocycles. The van der Waals surface area contributed by atoms with Crippen molar-refractivity contribution in [3.05, 3.63) is 27.7 Å². The van der Waals surface area contributed by atoms with Crippen LogP contribution in [0.5, 0.6) is 0 Å². The van der Waals surface area contributed by atoms with Crippen molar-refractivity contribution in [3.63, 3.8) is 0 Å². The van der Waals surface area contributed by atoms with Gasteiger partial charge in [-0.15, -0.1) is 10.2 Å². The summed E-state index contributed by atoms with van der Waals surface area (Å²) in [6.07, 6.45) is 0. The van der Waals surface area contributed by atoms with Crippen molar-refractivity contribution in [2.45, 2.75) is 18.6 Å². The maximum Gasteiger partial charge on any atom is 0.273 e. The SMILES string of the molecule is CCn1c(-c2ccc(Cl)c(Br)c2)nnc1S(N)(=O)=O. The first-order valence-corrected chi connectivity index (χ1v) is 7.97. The lowest BCUT2D eigenvalue weighted by molar-refractivity contribution is 0.571. The van der Waals surface area contributed by atoms with Gasteiger partial charge in [-0.3, -0.25) is 4.57 Å². The van der Waals surface area contributed by atoms with Crippen molar-refractivity contribution in [3.8, 4) is 11.4 Å². The second-order valence-corrected chi connectivity index (χ2v) is 6.44. The van der Waals surface area contributed by atoms with Gasteiger partial charge < -0.3 is 0 Å². The molecule has 1 aromatic carbocycles. The molecule has 0 aliphatic carbocycles. The fourth-order valence-corrected chi connectivity index (χ4v) is 2.81. The number of benzene rings is 1. The highest BCUT2D eigenvalue weighted by molar-refractivity contribution is 9.10. The zero-order valence-corrected chi connectivity index (χ0v) is 13.0. The molecule has 0 aliphatic rings. The first-order chi connectivity index (χ1) is 8.84. The normalized spacial score (nSPS) is 11.8. The van der Waals surface area contributed by atoms with Gasteiger partial charge in [0.1, 0.15) is 0 Å². The van der Waals surface area contributed by atoms with Gasteiger partial charge in [-0.05, 0) is 41.1 Å². The molecular formula is C10H10BrClN4O2S. The maximum absolute atomic E-state index is 11.4. The molecule has 6 nitrogen and oxygen atoms in total. The molecule has 0 spiro atoms. The van der Waals surface area contributed by atoms with Crippen LogP contribution in [0.3, 0.4) is 0 Å². The average Bonchev–Trinajstić information content (AvgIpc) is 2.76. The summed E-state index contributed by atoms with van der Waals surface area (Å²) in [5.41, 5.74) is 0.695. The minimum atomic E-state index is -3.90. The summed E-state index contributed by atoms with van der Waals surface area (Å²) in [5.74, 6) is 0.420. The Morgan fingerprint density at radius 1 is 1.42 bits per heavy atom. The molecular weight excluding hydrogens is 356 g/mol. The van der Waals surface area contributed by atoms with Crippen LogP contribution in [0.4, 0.5) is 0 Å². The predicted molar refractivity (Wildman–Crippen MR) is 75.2 cm³/mol. The zero-order chi connectivity index (χ0) is 14.2. The van der Waals surface area contributed by atoms with Gasteiger partial charge in [-0.1, -0.05) is 11.6 Å². The number of sulfonamides is 1. The van der Waals surface area contributed by atoms with E-state index in [0.717, 1.165) is 0 Å². The molecule has 0 aliphatic heterocycles. The summed E-state index contributed by atoms with van der Waals surface area (Å²) in [6.45, 7) is 2.17. The van der Waals surface area contributed by atoms with Crippen LogP contribution in [0.1, 0.15) is 6.92 Å². The lowest BCUT2D eigenvalue weighted by Gasteiger charge is -2.07. The third-order valence-corrected chi connectivity index (χ3v) is 4.49. The van der Waals surface area contributed by atoms with Crippen LogP contribution in [0.2, 0.25) is 5.02 Å². The number of nitrogens with zero attached hydrogens (tertiary/aromatic N) is 3. The summed E-state index contributed by atoms with van der Waals surface area (Å²) < 4.78 is 24.9. The third-order valence-electron chi connectivity index (χ3n) is 2.47. The Morgan fingerprint density at radius 3 is 2.63 bits per heavy atom. The molecule has 0 fully saturated rings. The van der Waals surface area contributed by atoms with E-state index in [1.165, 1.54) is 4.57 Å². The number of nitrogens with two attached hydrogens (primary N) is 1. The van der Waals surface area contributed by atoms with Crippen LogP contribution in [0, 0.1) is 0 Å². The highest BCUT2D eigenvalue weighted by Crippen LogP contribution is 2.28. The van der Waals surface area contributed by atoms with Crippen molar-refractivity contribution in [2.24, 2.45) is 5.14 Å². The van der Waals surface area contributed by atoms with Crippen molar-refractivity contribution in [2.75, 3.05) is 0 Å². The second kappa shape index (κ2) is 5.20. The van der Waals surface area contributed by atoms with Crippen LogP contribution in [0.25, 0.3) is 11.4 Å². The first kappa shape index (κ1) is 14.4. The Labute approximate surface area is 123 Å². The molecule has 0 amide bonds. The van der Waals surface area contributed by atoms with E-state index in [1.807, 2.05) is 0 Å². The molecule has 9 heteroatoms. The molecule has 19 heavy (non-hydrogen) atoms. The second-order valence-electron chi connectivity index (χ2n) is 3.72. The highest BCUT2D eigenvalue weighted by atomic mass is 79.9. The van der Waals surface area contributed by atoms with Gasteiger partial charge in [0.05, 0.1) is 5.02 Å². The van der Waals surface area contributed by atoms with Crippen molar-refractivity contribution in [1.82, 2.24) is 14.8 Å². The topological polar surface area (TPSA) is 90.9 Å². The number of aromatic nitrogens is 3. The summed E-state index contributed by atoms with van der Waals surface area (Å²) in [6, 6.07) is 5.16. The molecule has 1 heterocycles. The molecule has 2 N–H and O–H groups in total. The molecule has 2 rings (SSSR count). The Balaban J connectivity index is 2.63. The predicted octanol–water partition coefficient (Wildman–Crippen LogP) is 2.03. The van der Waals surface area contributed by atoms with Gasteiger partial charge in [-0.25, -0.2) is 13.6 Å². The summed E-state index contributed by atoms with van der Waals surface area (Å²) in [4.78, 5) is 0. The lowest BCUT2D eigenvalue weighted by Crippen LogP contribution is -2.18. The number of hydrogen-bond donors (Lipinski definition) is 1. The molecule has 0 radical (unpaired) electrons. The van der Waals surface area contributed by atoms with Gasteiger partial charge in [0.25, 0.3) is 15.2 Å². The van der Waals surface area contributed by atoms with E-state index in [0.29, 0.717) is 27.4 Å². The number of hydrogen-bond acceptors (Lipinski definition) is 4. The largest absolute Gasteiger partial charge is 0.297 e. The van der Waals surface area contributed by atoms with E-state index in [2.05, 4.69) is 26.1 Å². The molecule has 1 aromatic heterocycles. The van der Waals surface area contributed by atoms with Crippen LogP contribution < -0.4 is 5.14 Å². The Morgan fingerprint density at radius 2 is 2.11 bits per heavy atom. The quantitative estimate of drug-likeness (QED) is 0.901. The Bertz CT molecular complexity index is 729. The number of halogens is 2. The monoisotopic (exact) mass is 364 g/mol. The van der Waals surface area contributed by atoms with Gasteiger partial charge in [0, 0.05) is 16.6 Å². The third kappa shape index (κ3) is 2.81. The van der Waals surface area contributed by atoms with Gasteiger partial charge in [0.15, 0.2) is 5.82 Å². The number of primary sulfonamides is 1. The molecule has 102 valence electrons. The van der Waals surface area contributed by atoms with Crippen molar-refractivity contribution >= 4 is 37.6 Å². The van der Waals surface area contributed by atoms with E-state index >= 15 is 0 Å². The standard InChI is InChI=1S/C10H10BrClN4O2S/c1-2-16-9(14-15-10(16)19(13,17)18)6-3-4-8(12)7(11)5-6/h3-5H,2H2,1H3,(H2,13,17,18). The van der Waals surface area contributed by atoms with E-state index in [4.69, 9.17) is 16.7 Å². The Hall–Kier alpha value is -0.960. The van der Waals surface area contributed by atoms with Gasteiger partial charge >= 0.3 is 0 Å². The lowest BCUT2D eigenvalue weighted by atomic mass is 10.2. The fourth-order valence-electron chi connectivity index (χ4n) is 1.63. The average molecular weight is 366 g/mol. The van der Waals surface area contributed by atoms with Crippen LogP contribution in [-0.2, 0) is 16.6 Å². The maximum atomic E-state index is 11.4. The Kier molecular flexibility index (Phi) is 3.95. The van der Waals surface area contributed by atoms with Crippen molar-refractivity contribution in [1.29, 1.82) is 0 Å². The van der Waals surface area contributed by atoms with Gasteiger partial charge in [-0.2, -0.15) is 0 Å². The summed E-state index contributed by atoms with van der Waals surface area (Å²) in [5, 5.41) is 12.9. The van der Waals surface area contributed by atoms with Crippen molar-refractivity contribution < 1.29 is 8.42 Å². The molecule has 0 saturated heterocycles. The summed E-state index contributed by atoms with van der Waals surface area (Å²) >= 11 is 9.22. The smallest absolute Gasteiger partial charge is 0.273 e.